The molecule has 2 amide bonds. The molecule has 27 heavy (non-hydrogen) atoms. The fraction of sp³-hybridized carbons (Fsp3) is 0.500. The molecule has 0 fully saturated rings. The minimum absolute atomic E-state index is 0.158. The van der Waals surface area contributed by atoms with Crippen molar-refractivity contribution in [2.75, 3.05) is 32.2 Å². The lowest BCUT2D eigenvalue weighted by molar-refractivity contribution is -0.119. The highest BCUT2D eigenvalue weighted by Crippen LogP contribution is 2.33. The number of hydrogen-bond donors (Lipinski definition) is 4. The highest BCUT2D eigenvalue weighted by molar-refractivity contribution is 6.68. The van der Waals surface area contributed by atoms with Crippen LogP contribution in [0.25, 0.3) is 0 Å². The predicted molar refractivity (Wildman–Crippen MR) is 101 cm³/mol. The Hall–Kier alpha value is -2.00. The molecule has 0 spiro atoms. The van der Waals surface area contributed by atoms with Crippen LogP contribution in [0.3, 0.4) is 0 Å². The number of carbonyl (C=O) groups is 3. The molecular weight excluding hydrogens is 376 g/mol. The molecule has 1 unspecified atom stereocenters. The van der Waals surface area contributed by atoms with Crippen LogP contribution in [-0.2, 0) is 16.0 Å². The normalized spacial score (nSPS) is 11.8. The van der Waals surface area contributed by atoms with Crippen LogP contribution in [0.5, 0.6) is 0 Å². The standard InChI is InChI=1S/C18H25ClN2O6/c1-5-12-15(17(19)25)9(2)14(18(26)20-6-11(23)7-22)10(3)16(12)21-13(24)8-27-4/h11,22-23H,5-8H2,1-4H3,(H,20,26)(H,21,24). The molecule has 1 aromatic carbocycles. The minimum Gasteiger partial charge on any atom is -0.394 e. The number of methoxy groups -OCH3 is 1. The second kappa shape index (κ2) is 10.4. The largest absolute Gasteiger partial charge is 0.394 e. The van der Waals surface area contributed by atoms with E-state index in [9.17, 15) is 19.5 Å². The van der Waals surface area contributed by atoms with E-state index in [4.69, 9.17) is 21.4 Å². The van der Waals surface area contributed by atoms with Crippen LogP contribution in [0.4, 0.5) is 5.69 Å². The fourth-order valence-corrected chi connectivity index (χ4v) is 3.16. The predicted octanol–water partition coefficient (Wildman–Crippen LogP) is 0.913. The number of rotatable bonds is 9. The molecule has 0 aliphatic heterocycles. The summed E-state index contributed by atoms with van der Waals surface area (Å²) in [5.41, 5.74) is 2.04. The first-order valence-electron chi connectivity index (χ1n) is 8.41. The Labute approximate surface area is 162 Å². The molecular formula is C18H25ClN2O6. The summed E-state index contributed by atoms with van der Waals surface area (Å²) in [4.78, 5) is 36.7. The molecule has 1 aromatic rings. The van der Waals surface area contributed by atoms with E-state index in [2.05, 4.69) is 10.6 Å². The summed E-state index contributed by atoms with van der Waals surface area (Å²) in [5.74, 6) is -0.990. The van der Waals surface area contributed by atoms with Crippen LogP contribution in [0.1, 0.15) is 44.3 Å². The Bertz CT molecular complexity index is 735. The third kappa shape index (κ3) is 5.49. The molecule has 150 valence electrons. The smallest absolute Gasteiger partial charge is 0.253 e. The van der Waals surface area contributed by atoms with E-state index in [-0.39, 0.29) is 24.3 Å². The number of aliphatic hydroxyl groups is 2. The molecule has 0 heterocycles. The Kier molecular flexibility index (Phi) is 8.84. The van der Waals surface area contributed by atoms with Crippen molar-refractivity contribution in [1.29, 1.82) is 0 Å². The van der Waals surface area contributed by atoms with Crippen molar-refractivity contribution in [2.24, 2.45) is 0 Å². The molecule has 0 bridgehead atoms. The maximum atomic E-state index is 12.6. The van der Waals surface area contributed by atoms with E-state index in [0.717, 1.165) is 0 Å². The molecule has 0 aliphatic rings. The van der Waals surface area contributed by atoms with Crippen LogP contribution in [0.2, 0.25) is 0 Å². The van der Waals surface area contributed by atoms with Crippen molar-refractivity contribution in [2.45, 2.75) is 33.3 Å². The van der Waals surface area contributed by atoms with Gasteiger partial charge in [0.1, 0.15) is 6.61 Å². The number of aliphatic hydroxyl groups excluding tert-OH is 2. The SMILES string of the molecule is CCc1c(NC(=O)COC)c(C)c(C(=O)NCC(O)CO)c(C)c1C(=O)Cl. The molecule has 0 saturated carbocycles. The maximum absolute atomic E-state index is 12.6. The lowest BCUT2D eigenvalue weighted by Crippen LogP contribution is -2.35. The van der Waals surface area contributed by atoms with Gasteiger partial charge < -0.3 is 25.6 Å². The third-order valence-electron chi connectivity index (χ3n) is 4.13. The topological polar surface area (TPSA) is 125 Å². The van der Waals surface area contributed by atoms with Crippen molar-refractivity contribution in [3.63, 3.8) is 0 Å². The van der Waals surface area contributed by atoms with Gasteiger partial charge in [0.15, 0.2) is 0 Å². The van der Waals surface area contributed by atoms with E-state index in [1.165, 1.54) is 7.11 Å². The summed E-state index contributed by atoms with van der Waals surface area (Å²) >= 11 is 5.76. The molecule has 0 aromatic heterocycles. The van der Waals surface area contributed by atoms with Crippen molar-refractivity contribution >= 4 is 34.3 Å². The third-order valence-corrected chi connectivity index (χ3v) is 4.32. The summed E-state index contributed by atoms with van der Waals surface area (Å²) < 4.78 is 4.81. The van der Waals surface area contributed by atoms with E-state index in [0.29, 0.717) is 28.8 Å². The van der Waals surface area contributed by atoms with Crippen LogP contribution < -0.4 is 10.6 Å². The van der Waals surface area contributed by atoms with Gasteiger partial charge in [-0.15, -0.1) is 0 Å². The molecule has 0 aliphatic carbocycles. The zero-order valence-corrected chi connectivity index (χ0v) is 16.6. The molecule has 4 N–H and O–H groups in total. The molecule has 9 heteroatoms. The quantitative estimate of drug-likeness (QED) is 0.457. The van der Waals surface area contributed by atoms with Gasteiger partial charge in [0.05, 0.1) is 12.7 Å². The summed E-state index contributed by atoms with van der Waals surface area (Å²) in [6, 6.07) is 0. The van der Waals surface area contributed by atoms with Gasteiger partial charge in [0.2, 0.25) is 5.91 Å². The van der Waals surface area contributed by atoms with Crippen LogP contribution in [0, 0.1) is 13.8 Å². The number of ether oxygens (including phenoxy) is 1. The first-order chi connectivity index (χ1) is 12.7. The van der Waals surface area contributed by atoms with Crippen LogP contribution in [-0.4, -0.2) is 60.2 Å². The Morgan fingerprint density at radius 2 is 1.81 bits per heavy atom. The second-order valence-electron chi connectivity index (χ2n) is 6.01. The average Bonchev–Trinajstić information content (AvgIpc) is 2.61. The Balaban J connectivity index is 3.54. The van der Waals surface area contributed by atoms with Crippen molar-refractivity contribution < 1.29 is 29.3 Å². The van der Waals surface area contributed by atoms with E-state index < -0.39 is 29.8 Å². The van der Waals surface area contributed by atoms with Crippen LogP contribution >= 0.6 is 11.6 Å². The Morgan fingerprint density at radius 1 is 1.19 bits per heavy atom. The van der Waals surface area contributed by atoms with Gasteiger partial charge in [-0.3, -0.25) is 14.4 Å². The number of benzene rings is 1. The number of carbonyl (C=O) groups excluding carboxylic acids is 3. The molecule has 0 radical (unpaired) electrons. The molecule has 8 nitrogen and oxygen atoms in total. The number of amides is 2. The van der Waals surface area contributed by atoms with Crippen molar-refractivity contribution in [3.8, 4) is 0 Å². The van der Waals surface area contributed by atoms with Gasteiger partial charge in [-0.05, 0) is 48.6 Å². The first kappa shape index (κ1) is 23.0. The first-order valence-corrected chi connectivity index (χ1v) is 8.78. The minimum atomic E-state index is -1.11. The monoisotopic (exact) mass is 400 g/mol. The second-order valence-corrected chi connectivity index (χ2v) is 6.35. The van der Waals surface area contributed by atoms with Gasteiger partial charge in [0.25, 0.3) is 11.1 Å². The molecule has 1 rings (SSSR count). The van der Waals surface area contributed by atoms with E-state index in [1.807, 2.05) is 0 Å². The fourth-order valence-electron chi connectivity index (χ4n) is 2.91. The number of halogens is 1. The van der Waals surface area contributed by atoms with Crippen molar-refractivity contribution in [3.05, 3.63) is 27.8 Å². The summed E-state index contributed by atoms with van der Waals surface area (Å²) in [6.07, 6.45) is -0.706. The average molecular weight is 401 g/mol. The van der Waals surface area contributed by atoms with Gasteiger partial charge in [-0.2, -0.15) is 0 Å². The molecule has 1 atom stereocenters. The van der Waals surface area contributed by atoms with Crippen molar-refractivity contribution in [1.82, 2.24) is 5.32 Å². The highest BCUT2D eigenvalue weighted by atomic mass is 35.5. The maximum Gasteiger partial charge on any atom is 0.253 e. The lowest BCUT2D eigenvalue weighted by atomic mass is 9.89. The highest BCUT2D eigenvalue weighted by Gasteiger charge is 2.26. The van der Waals surface area contributed by atoms with Gasteiger partial charge in [-0.25, -0.2) is 0 Å². The van der Waals surface area contributed by atoms with E-state index >= 15 is 0 Å². The van der Waals surface area contributed by atoms with Gasteiger partial charge in [0, 0.05) is 30.5 Å². The van der Waals surface area contributed by atoms with Gasteiger partial charge in [-0.1, -0.05) is 6.92 Å². The summed E-state index contributed by atoms with van der Waals surface area (Å²) in [7, 11) is 1.38. The van der Waals surface area contributed by atoms with Crippen LogP contribution in [0.15, 0.2) is 0 Å². The molecule has 0 saturated heterocycles. The zero-order valence-electron chi connectivity index (χ0n) is 15.8. The number of anilines is 1. The van der Waals surface area contributed by atoms with Gasteiger partial charge >= 0.3 is 0 Å². The summed E-state index contributed by atoms with van der Waals surface area (Å²) in [6.45, 7) is 4.19. The number of hydrogen-bond acceptors (Lipinski definition) is 6. The zero-order chi connectivity index (χ0) is 20.7. The number of nitrogens with one attached hydrogen (secondary N) is 2. The summed E-state index contributed by atoms with van der Waals surface area (Å²) in [5, 5.41) is 22.8. The lowest BCUT2D eigenvalue weighted by Gasteiger charge is -2.22. The van der Waals surface area contributed by atoms with E-state index in [1.54, 1.807) is 20.8 Å². The Morgan fingerprint density at radius 3 is 2.30 bits per heavy atom.